The highest BCUT2D eigenvalue weighted by atomic mass is 32.1. The summed E-state index contributed by atoms with van der Waals surface area (Å²) in [6.45, 7) is -0.159. The Balaban J connectivity index is 1.50. The highest BCUT2D eigenvalue weighted by molar-refractivity contribution is 7.52. The molecule has 0 aliphatic rings. The summed E-state index contributed by atoms with van der Waals surface area (Å²) >= 11 is 1.22. The third kappa shape index (κ3) is 8.81. The number of halogens is 2. The van der Waals surface area contributed by atoms with Crippen molar-refractivity contribution in [3.8, 4) is 11.3 Å². The number of carbonyl (C=O) groups is 2. The van der Waals surface area contributed by atoms with E-state index in [4.69, 9.17) is 9.47 Å². The maximum Gasteiger partial charge on any atom is 0.399 e. The first-order chi connectivity index (χ1) is 22.8. The molecule has 0 fully saturated rings. The summed E-state index contributed by atoms with van der Waals surface area (Å²) in [7, 11) is -4.62. The number of benzene rings is 4. The van der Waals surface area contributed by atoms with Gasteiger partial charge in [0.25, 0.3) is 0 Å². The van der Waals surface area contributed by atoms with Crippen molar-refractivity contribution in [1.82, 2.24) is 9.59 Å². The zero-order chi connectivity index (χ0) is 33.1. The van der Waals surface area contributed by atoms with E-state index in [1.807, 2.05) is 53.9 Å². The maximum atomic E-state index is 14.2. The van der Waals surface area contributed by atoms with Crippen LogP contribution in [-0.4, -0.2) is 21.5 Å². The minimum absolute atomic E-state index is 0.0772. The molecule has 5 aromatic rings. The van der Waals surface area contributed by atoms with Gasteiger partial charge in [-0.25, -0.2) is 0 Å². The number of rotatable bonds is 15. The molecule has 0 amide bonds. The molecule has 0 saturated carbocycles. The number of hydrogen-bond acceptors (Lipinski definition) is 10. The van der Waals surface area contributed by atoms with Gasteiger partial charge in [0.15, 0.2) is 5.41 Å². The highest BCUT2D eigenvalue weighted by Crippen LogP contribution is 2.52. The minimum Gasteiger partial charge on any atom is -0.460 e. The Kier molecular flexibility index (Phi) is 11.3. The van der Waals surface area contributed by atoms with Crippen LogP contribution in [0.2, 0.25) is 0 Å². The van der Waals surface area contributed by atoms with E-state index in [-0.39, 0.29) is 31.6 Å². The van der Waals surface area contributed by atoms with Gasteiger partial charge in [0, 0.05) is 10.9 Å². The average molecular weight is 679 g/mol. The fourth-order valence-electron chi connectivity index (χ4n) is 4.98. The van der Waals surface area contributed by atoms with Crippen molar-refractivity contribution in [3.05, 3.63) is 142 Å². The van der Waals surface area contributed by atoms with Crippen LogP contribution in [0.4, 0.5) is 9.05 Å². The molecule has 47 heavy (non-hydrogen) atoms. The third-order valence-corrected chi connectivity index (χ3v) is 9.12. The lowest BCUT2D eigenvalue weighted by Crippen LogP contribution is -2.45. The van der Waals surface area contributed by atoms with E-state index in [2.05, 4.69) is 19.0 Å². The Morgan fingerprint density at radius 2 is 1.13 bits per heavy atom. The van der Waals surface area contributed by atoms with Crippen LogP contribution < -0.4 is 0 Å². The normalized spacial score (nSPS) is 11.6. The Morgan fingerprint density at radius 3 is 1.57 bits per heavy atom. The van der Waals surface area contributed by atoms with E-state index in [0.29, 0.717) is 16.8 Å². The van der Waals surface area contributed by atoms with Crippen molar-refractivity contribution in [1.29, 1.82) is 0 Å². The summed E-state index contributed by atoms with van der Waals surface area (Å²) in [6, 6.07) is 31.4. The molecule has 1 heterocycles. The fraction of sp³-hybridized carbons (Fsp3) is 0.176. The van der Waals surface area contributed by atoms with Gasteiger partial charge in [0.1, 0.15) is 18.9 Å². The summed E-state index contributed by atoms with van der Waals surface area (Å²) in [5.74, 6) is -1.59. The van der Waals surface area contributed by atoms with Crippen LogP contribution in [0, 0.1) is 5.41 Å². The predicted molar refractivity (Wildman–Crippen MR) is 170 cm³/mol. The van der Waals surface area contributed by atoms with E-state index in [9.17, 15) is 23.2 Å². The van der Waals surface area contributed by atoms with Crippen LogP contribution in [0.1, 0.15) is 27.8 Å². The van der Waals surface area contributed by atoms with E-state index in [0.717, 1.165) is 16.7 Å². The van der Waals surface area contributed by atoms with Crippen molar-refractivity contribution in [3.63, 3.8) is 0 Å². The number of ether oxygens (including phenoxy) is 2. The molecule has 13 heteroatoms. The van der Waals surface area contributed by atoms with E-state index in [1.165, 1.54) is 23.7 Å². The number of carbonyl (C=O) groups excluding carboxylic acids is 2. The van der Waals surface area contributed by atoms with Crippen molar-refractivity contribution in [2.45, 2.75) is 32.2 Å². The van der Waals surface area contributed by atoms with Crippen LogP contribution >= 0.6 is 19.1 Å². The van der Waals surface area contributed by atoms with Crippen LogP contribution in [0.25, 0.3) is 11.3 Å². The van der Waals surface area contributed by atoms with Gasteiger partial charge < -0.3 is 9.47 Å². The van der Waals surface area contributed by atoms with Gasteiger partial charge in [-0.15, -0.1) is 14.6 Å². The van der Waals surface area contributed by atoms with Crippen LogP contribution in [-0.2, 0) is 65.3 Å². The summed E-state index contributed by atoms with van der Waals surface area (Å²) < 4.78 is 59.3. The van der Waals surface area contributed by atoms with Gasteiger partial charge >= 0.3 is 19.5 Å². The monoisotopic (exact) mass is 678 g/mol. The molecule has 0 atom stereocenters. The molecule has 0 aliphatic carbocycles. The molecule has 5 rings (SSSR count). The zero-order valence-corrected chi connectivity index (χ0v) is 26.6. The Labute approximate surface area is 273 Å². The fourth-order valence-corrected chi connectivity index (χ4v) is 6.23. The maximum absolute atomic E-state index is 14.2. The van der Waals surface area contributed by atoms with E-state index in [1.54, 1.807) is 48.5 Å². The molecule has 242 valence electrons. The average Bonchev–Trinajstić information content (AvgIpc) is 3.66. The Bertz CT molecular complexity index is 1730. The zero-order valence-electron chi connectivity index (χ0n) is 24.9. The molecular formula is C34H29F2N2O7PS. The minimum atomic E-state index is -4.62. The lowest BCUT2D eigenvalue weighted by molar-refractivity contribution is -0.174. The molecule has 1 aromatic heterocycles. The molecule has 0 radical (unpaired) electrons. The summed E-state index contributed by atoms with van der Waals surface area (Å²) in [6.07, 6.45) is -0.903. The molecule has 4 aromatic carbocycles. The van der Waals surface area contributed by atoms with Gasteiger partial charge in [-0.2, -0.15) is 0 Å². The first-order valence-corrected chi connectivity index (χ1v) is 17.0. The Morgan fingerprint density at radius 1 is 0.660 bits per heavy atom. The van der Waals surface area contributed by atoms with Gasteiger partial charge in [-0.1, -0.05) is 114 Å². The Hall–Kier alpha value is -4.61. The first-order valence-electron chi connectivity index (χ1n) is 14.4. The number of nitrogens with zero attached hydrogens (tertiary/aromatic N) is 2. The van der Waals surface area contributed by atoms with E-state index < -0.39 is 31.1 Å². The standard InChI is InChI=1S/C34H29F2N2O7PS/c35-44-46(41,45-36)23-29-13-11-25(12-14-29)19-34(32(39)42-21-27-7-3-1-4-8-27,33(40)43-22-28-9-5-2-6-10-28)20-26-15-17-30(18-16-26)31-24-47-38-37-31/h1-18,24H,19-23H2. The molecular weight excluding hydrogens is 649 g/mol. The molecule has 0 N–H and O–H groups in total. The summed E-state index contributed by atoms with van der Waals surface area (Å²) in [5.41, 5.74) is 2.51. The van der Waals surface area contributed by atoms with Crippen molar-refractivity contribution >= 4 is 31.1 Å². The summed E-state index contributed by atoms with van der Waals surface area (Å²) in [4.78, 5) is 28.4. The predicted octanol–water partition coefficient (Wildman–Crippen LogP) is 7.96. The number of esters is 2. The molecule has 0 saturated heterocycles. The second-order valence-electron chi connectivity index (χ2n) is 10.8. The van der Waals surface area contributed by atoms with Gasteiger partial charge in [-0.3, -0.25) is 14.2 Å². The van der Waals surface area contributed by atoms with Crippen LogP contribution in [0.15, 0.2) is 115 Å². The number of hydrogen-bond donors (Lipinski definition) is 0. The second kappa shape index (κ2) is 15.8. The lowest BCUT2D eigenvalue weighted by atomic mass is 9.76. The molecule has 9 nitrogen and oxygen atoms in total. The van der Waals surface area contributed by atoms with Gasteiger partial charge in [0.2, 0.25) is 0 Å². The smallest absolute Gasteiger partial charge is 0.399 e. The molecule has 0 spiro atoms. The highest BCUT2D eigenvalue weighted by Gasteiger charge is 2.49. The van der Waals surface area contributed by atoms with E-state index >= 15 is 0 Å². The van der Waals surface area contributed by atoms with Crippen LogP contribution in [0.5, 0.6) is 0 Å². The lowest BCUT2D eigenvalue weighted by Gasteiger charge is -2.30. The summed E-state index contributed by atoms with van der Waals surface area (Å²) in [5, 5.41) is 5.90. The SMILES string of the molecule is O=C(OCc1ccccc1)C(Cc1ccc(CP(=O)(OF)OF)cc1)(Cc1ccc(-c2csnn2)cc1)C(=O)OCc1ccccc1. The van der Waals surface area contributed by atoms with Gasteiger partial charge in [-0.05, 0) is 61.2 Å². The quantitative estimate of drug-likeness (QED) is 0.0618. The van der Waals surface area contributed by atoms with Gasteiger partial charge in [0.05, 0.1) is 6.16 Å². The topological polar surface area (TPSA) is 114 Å². The largest absolute Gasteiger partial charge is 0.460 e. The van der Waals surface area contributed by atoms with Crippen molar-refractivity contribution in [2.24, 2.45) is 5.41 Å². The molecule has 0 aliphatic heterocycles. The molecule has 0 bridgehead atoms. The first kappa shape index (κ1) is 33.7. The number of aromatic nitrogens is 2. The van der Waals surface area contributed by atoms with Crippen molar-refractivity contribution in [2.75, 3.05) is 0 Å². The second-order valence-corrected chi connectivity index (χ2v) is 13.2. The third-order valence-electron chi connectivity index (χ3n) is 7.44. The van der Waals surface area contributed by atoms with Crippen molar-refractivity contribution < 1.29 is 42.1 Å². The van der Waals surface area contributed by atoms with Crippen LogP contribution in [0.3, 0.4) is 0 Å². The molecule has 0 unspecified atom stereocenters.